The number of aryl methyl sites for hydroxylation is 3. The molecule has 3 nitrogen and oxygen atoms in total. The van der Waals surface area contributed by atoms with Crippen LogP contribution >= 0.6 is 11.3 Å². The molecule has 0 radical (unpaired) electrons. The third-order valence-electron chi connectivity index (χ3n) is 5.17. The first-order valence-electron chi connectivity index (χ1n) is 9.23. The van der Waals surface area contributed by atoms with Crippen LogP contribution in [-0.4, -0.2) is 29.4 Å². The number of hydrogen-bond donors (Lipinski definition) is 1. The van der Waals surface area contributed by atoms with Gasteiger partial charge < -0.3 is 5.21 Å². The zero-order chi connectivity index (χ0) is 17.6. The van der Waals surface area contributed by atoms with Gasteiger partial charge in [-0.25, -0.2) is 0 Å². The first-order chi connectivity index (χ1) is 12.2. The second-order valence-electron chi connectivity index (χ2n) is 7.09. The number of nitrogens with zero attached hydrogens (tertiary/aromatic N) is 2. The molecule has 0 saturated heterocycles. The molecular formula is C21H28N2OS. The Balaban J connectivity index is 1.38. The normalized spacial score (nSPS) is 15.0. The molecule has 134 valence electrons. The second-order valence-corrected chi connectivity index (χ2v) is 8.29. The Morgan fingerprint density at radius 2 is 1.92 bits per heavy atom. The topological polar surface area (TPSA) is 35.8 Å². The molecule has 25 heavy (non-hydrogen) atoms. The summed E-state index contributed by atoms with van der Waals surface area (Å²) in [4.78, 5) is 5.01. The molecule has 0 unspecified atom stereocenters. The van der Waals surface area contributed by atoms with Gasteiger partial charge in [0.25, 0.3) is 0 Å². The van der Waals surface area contributed by atoms with Crippen LogP contribution in [0.3, 0.4) is 0 Å². The number of unbranched alkanes of at least 4 members (excludes halogenated alkanes) is 2. The summed E-state index contributed by atoms with van der Waals surface area (Å²) in [6, 6.07) is 8.95. The highest BCUT2D eigenvalue weighted by Crippen LogP contribution is 2.23. The summed E-state index contributed by atoms with van der Waals surface area (Å²) in [6.07, 6.45) is 7.62. The van der Waals surface area contributed by atoms with Crippen LogP contribution in [0.25, 0.3) is 0 Å². The van der Waals surface area contributed by atoms with Gasteiger partial charge in [0.1, 0.15) is 0 Å². The van der Waals surface area contributed by atoms with Crippen molar-refractivity contribution in [2.24, 2.45) is 5.16 Å². The SMILES string of the molecule is Cc1cc2c(cc1C)CN(CCCCCc1ccc(/C=N/O)s1)CC2. The Bertz CT molecular complexity index is 735. The predicted molar refractivity (Wildman–Crippen MR) is 106 cm³/mol. The van der Waals surface area contributed by atoms with Crippen molar-refractivity contribution < 1.29 is 5.21 Å². The van der Waals surface area contributed by atoms with Gasteiger partial charge in [0.15, 0.2) is 0 Å². The minimum atomic E-state index is 1.02. The molecule has 1 aliphatic heterocycles. The maximum absolute atomic E-state index is 8.56. The van der Waals surface area contributed by atoms with E-state index in [-0.39, 0.29) is 0 Å². The molecule has 1 N–H and O–H groups in total. The average Bonchev–Trinajstić information content (AvgIpc) is 3.04. The maximum atomic E-state index is 8.56. The first kappa shape index (κ1) is 18.2. The van der Waals surface area contributed by atoms with E-state index in [1.807, 2.05) is 6.07 Å². The Morgan fingerprint density at radius 3 is 2.72 bits per heavy atom. The summed E-state index contributed by atoms with van der Waals surface area (Å²) < 4.78 is 0. The maximum Gasteiger partial charge on any atom is 0.0833 e. The lowest BCUT2D eigenvalue weighted by Crippen LogP contribution is -2.31. The van der Waals surface area contributed by atoms with Crippen molar-refractivity contribution in [1.82, 2.24) is 4.90 Å². The van der Waals surface area contributed by atoms with E-state index in [0.717, 1.165) is 17.8 Å². The van der Waals surface area contributed by atoms with Crippen molar-refractivity contribution >= 4 is 17.6 Å². The highest BCUT2D eigenvalue weighted by atomic mass is 32.1. The van der Waals surface area contributed by atoms with Crippen LogP contribution in [-0.2, 0) is 19.4 Å². The molecular weight excluding hydrogens is 328 g/mol. The Hall–Kier alpha value is -1.65. The van der Waals surface area contributed by atoms with Gasteiger partial charge in [-0.3, -0.25) is 4.90 Å². The van der Waals surface area contributed by atoms with Gasteiger partial charge in [0.2, 0.25) is 0 Å². The van der Waals surface area contributed by atoms with Crippen LogP contribution < -0.4 is 0 Å². The second kappa shape index (κ2) is 8.63. The van der Waals surface area contributed by atoms with Gasteiger partial charge in [-0.1, -0.05) is 23.7 Å². The van der Waals surface area contributed by atoms with Crippen LogP contribution in [0.15, 0.2) is 29.4 Å². The van der Waals surface area contributed by atoms with Gasteiger partial charge in [-0.05, 0) is 80.5 Å². The van der Waals surface area contributed by atoms with Gasteiger partial charge >= 0.3 is 0 Å². The van der Waals surface area contributed by atoms with E-state index in [1.54, 1.807) is 16.9 Å². The van der Waals surface area contributed by atoms with E-state index in [2.05, 4.69) is 42.1 Å². The van der Waals surface area contributed by atoms with Crippen molar-refractivity contribution in [3.8, 4) is 0 Å². The molecule has 1 aromatic heterocycles. The lowest BCUT2D eigenvalue weighted by atomic mass is 9.94. The van der Waals surface area contributed by atoms with Crippen molar-refractivity contribution in [3.63, 3.8) is 0 Å². The Labute approximate surface area is 155 Å². The first-order valence-corrected chi connectivity index (χ1v) is 10.0. The molecule has 4 heteroatoms. The number of rotatable bonds is 7. The fourth-order valence-electron chi connectivity index (χ4n) is 3.57. The number of hydrogen-bond acceptors (Lipinski definition) is 4. The van der Waals surface area contributed by atoms with Crippen LogP contribution in [0.1, 0.15) is 51.3 Å². The third-order valence-corrected chi connectivity index (χ3v) is 6.25. The fraction of sp³-hybridized carbons (Fsp3) is 0.476. The van der Waals surface area contributed by atoms with E-state index in [4.69, 9.17) is 5.21 Å². The molecule has 3 rings (SSSR count). The van der Waals surface area contributed by atoms with Crippen LogP contribution in [0.5, 0.6) is 0 Å². The van der Waals surface area contributed by atoms with Gasteiger partial charge in [-0.15, -0.1) is 11.3 Å². The number of thiophene rings is 1. The highest BCUT2D eigenvalue weighted by molar-refractivity contribution is 7.13. The van der Waals surface area contributed by atoms with Crippen LogP contribution in [0.4, 0.5) is 0 Å². The molecule has 0 spiro atoms. The van der Waals surface area contributed by atoms with E-state index in [1.165, 1.54) is 66.6 Å². The van der Waals surface area contributed by atoms with E-state index in [0.29, 0.717) is 0 Å². The Kier molecular flexibility index (Phi) is 6.27. The van der Waals surface area contributed by atoms with Crippen molar-refractivity contribution in [1.29, 1.82) is 0 Å². The molecule has 0 saturated carbocycles. The summed E-state index contributed by atoms with van der Waals surface area (Å²) in [5.41, 5.74) is 5.93. The minimum Gasteiger partial charge on any atom is -0.411 e. The highest BCUT2D eigenvalue weighted by Gasteiger charge is 2.16. The van der Waals surface area contributed by atoms with Crippen LogP contribution in [0, 0.1) is 13.8 Å². The smallest absolute Gasteiger partial charge is 0.0833 e. The lowest BCUT2D eigenvalue weighted by molar-refractivity contribution is 0.248. The molecule has 0 atom stereocenters. The summed E-state index contributed by atoms with van der Waals surface area (Å²) in [7, 11) is 0. The average molecular weight is 357 g/mol. The molecule has 0 bridgehead atoms. The zero-order valence-corrected chi connectivity index (χ0v) is 16.1. The molecule has 2 aromatic rings. The lowest BCUT2D eigenvalue weighted by Gasteiger charge is -2.29. The van der Waals surface area contributed by atoms with Crippen LogP contribution in [0.2, 0.25) is 0 Å². The summed E-state index contributed by atoms with van der Waals surface area (Å²) in [5, 5.41) is 11.6. The zero-order valence-electron chi connectivity index (χ0n) is 15.3. The Morgan fingerprint density at radius 1 is 1.12 bits per heavy atom. The number of fused-ring (bicyclic) bond motifs is 1. The minimum absolute atomic E-state index is 1.02. The third kappa shape index (κ3) is 4.93. The summed E-state index contributed by atoms with van der Waals surface area (Å²) >= 11 is 1.72. The molecule has 1 aromatic carbocycles. The van der Waals surface area contributed by atoms with Gasteiger partial charge in [0, 0.05) is 22.8 Å². The molecule has 0 aliphatic carbocycles. The number of benzene rings is 1. The number of oxime groups is 1. The van der Waals surface area contributed by atoms with Crippen molar-refractivity contribution in [2.75, 3.05) is 13.1 Å². The summed E-state index contributed by atoms with van der Waals surface area (Å²) in [5.74, 6) is 0. The standard InChI is InChI=1S/C21H28N2OS/c1-16-12-18-9-11-23(15-19(18)13-17(16)2)10-5-3-4-6-20-7-8-21(25-20)14-22-24/h7-8,12-14,24H,3-6,9-11,15H2,1-2H3/b22-14+. The van der Waals surface area contributed by atoms with Crippen molar-refractivity contribution in [2.45, 2.75) is 52.5 Å². The monoisotopic (exact) mass is 356 g/mol. The van der Waals surface area contributed by atoms with Gasteiger partial charge in [-0.2, -0.15) is 0 Å². The largest absolute Gasteiger partial charge is 0.411 e. The summed E-state index contributed by atoms with van der Waals surface area (Å²) in [6.45, 7) is 7.96. The molecule has 1 aliphatic rings. The van der Waals surface area contributed by atoms with E-state index >= 15 is 0 Å². The fourth-order valence-corrected chi connectivity index (χ4v) is 4.49. The molecule has 0 fully saturated rings. The quantitative estimate of drug-likeness (QED) is 0.330. The van der Waals surface area contributed by atoms with Crippen molar-refractivity contribution in [3.05, 3.63) is 56.3 Å². The van der Waals surface area contributed by atoms with E-state index in [9.17, 15) is 0 Å². The van der Waals surface area contributed by atoms with E-state index < -0.39 is 0 Å². The molecule has 0 amide bonds. The predicted octanol–water partition coefficient (Wildman–Crippen LogP) is 4.94. The molecule has 2 heterocycles. The van der Waals surface area contributed by atoms with Gasteiger partial charge in [0.05, 0.1) is 6.21 Å².